The summed E-state index contributed by atoms with van der Waals surface area (Å²) < 4.78 is 0. The maximum absolute atomic E-state index is 11.7. The smallest absolute Gasteiger partial charge is 0.187 e. The van der Waals surface area contributed by atoms with E-state index in [2.05, 4.69) is 65.9 Å². The zero-order chi connectivity index (χ0) is 34.3. The van der Waals surface area contributed by atoms with Gasteiger partial charge < -0.3 is 5.11 Å². The average Bonchev–Trinajstić information content (AvgIpc) is 3.07. The Hall–Kier alpha value is -4.42. The summed E-state index contributed by atoms with van der Waals surface area (Å²) in [7, 11) is 0. The van der Waals surface area contributed by atoms with Gasteiger partial charge in [0.2, 0.25) is 0 Å². The van der Waals surface area contributed by atoms with Crippen LogP contribution in [0, 0.1) is 35.8 Å². The first-order valence-electron chi connectivity index (χ1n) is 16.4. The van der Waals surface area contributed by atoms with E-state index in [4.69, 9.17) is 6.57 Å². The van der Waals surface area contributed by atoms with Crippen LogP contribution in [-0.2, 0) is 30.3 Å². The molecule has 1 N–H and O–H groups in total. The normalized spacial score (nSPS) is 11.6. The van der Waals surface area contributed by atoms with Crippen molar-refractivity contribution in [3.05, 3.63) is 101 Å². The fourth-order valence-electron chi connectivity index (χ4n) is 6.07. The van der Waals surface area contributed by atoms with E-state index in [1.807, 2.05) is 58.0 Å². The molecule has 1 aromatic heterocycles. The van der Waals surface area contributed by atoms with E-state index in [9.17, 15) is 15.2 Å². The molecule has 1 heterocycles. The third-order valence-electron chi connectivity index (χ3n) is 8.89. The van der Waals surface area contributed by atoms with Gasteiger partial charge in [-0.3, -0.25) is 9.78 Å². The number of nitriles is 1. The van der Waals surface area contributed by atoms with Crippen molar-refractivity contribution in [1.82, 2.24) is 9.97 Å². The van der Waals surface area contributed by atoms with Gasteiger partial charge >= 0.3 is 0 Å². The predicted molar refractivity (Wildman–Crippen MR) is 192 cm³/mol. The Bertz CT molecular complexity index is 2040. The fourth-order valence-corrected chi connectivity index (χ4v) is 6.07. The van der Waals surface area contributed by atoms with Gasteiger partial charge in [0.05, 0.1) is 23.4 Å². The molecule has 0 bridgehead atoms. The van der Waals surface area contributed by atoms with Gasteiger partial charge in [-0.25, -0.2) is 9.83 Å². The van der Waals surface area contributed by atoms with Gasteiger partial charge in [0.15, 0.2) is 11.5 Å². The molecule has 0 atom stereocenters. The van der Waals surface area contributed by atoms with Gasteiger partial charge in [-0.05, 0) is 53.3 Å². The molecule has 7 heteroatoms. The van der Waals surface area contributed by atoms with Crippen LogP contribution >= 0.6 is 0 Å². The van der Waals surface area contributed by atoms with Crippen molar-refractivity contribution in [2.45, 2.75) is 79.6 Å². The molecule has 1 radical (unpaired) electrons. The summed E-state index contributed by atoms with van der Waals surface area (Å²) in [4.78, 5) is 24.3. The molecule has 0 saturated carbocycles. The molecule has 0 saturated heterocycles. The van der Waals surface area contributed by atoms with E-state index in [0.29, 0.717) is 16.8 Å². The van der Waals surface area contributed by atoms with Crippen molar-refractivity contribution < 1.29 is 30.0 Å². The van der Waals surface area contributed by atoms with Gasteiger partial charge in [-0.15, -0.1) is 29.1 Å². The summed E-state index contributed by atoms with van der Waals surface area (Å²) in [5.41, 5.74) is 4.38. The second kappa shape index (κ2) is 16.6. The van der Waals surface area contributed by atoms with Crippen LogP contribution in [0.2, 0.25) is 0 Å². The molecule has 48 heavy (non-hydrogen) atoms. The van der Waals surface area contributed by atoms with Gasteiger partial charge in [0, 0.05) is 43.7 Å². The molecule has 249 valence electrons. The second-order valence-electron chi connectivity index (χ2n) is 12.9. The number of aliphatic hydroxyl groups is 1. The second-order valence-corrected chi connectivity index (χ2v) is 12.9. The van der Waals surface area contributed by atoms with Gasteiger partial charge in [-0.1, -0.05) is 95.8 Å². The summed E-state index contributed by atoms with van der Waals surface area (Å²) >= 11 is 0. The molecule has 0 amide bonds. The SMILES string of the molecule is CCC(CC)C(=O)/C=C(\O)C(CC)CC.[C-]#[N+]c1ccc2c(C#N)c3ncnc(-c4[c-]c5ccccc5c(C(C)(C)C)c4)c3cc2c1.[Ir]. The van der Waals surface area contributed by atoms with Crippen molar-refractivity contribution in [2.24, 2.45) is 11.8 Å². The zero-order valence-electron chi connectivity index (χ0n) is 28.8. The number of aromatic nitrogens is 2. The molecule has 0 unspecified atom stereocenters. The molecule has 4 aromatic carbocycles. The minimum Gasteiger partial charge on any atom is -0.512 e. The Balaban J connectivity index is 0.000000334. The number of carbonyl (C=O) groups excluding carboxylic acids is 1. The van der Waals surface area contributed by atoms with E-state index in [0.717, 1.165) is 58.5 Å². The summed E-state index contributed by atoms with van der Waals surface area (Å²) in [6.07, 6.45) is 6.42. The number of nitrogens with zero attached hydrogens (tertiary/aromatic N) is 4. The molecule has 5 aromatic rings. The Morgan fingerprint density at radius 3 is 2.23 bits per heavy atom. The van der Waals surface area contributed by atoms with Crippen LogP contribution in [0.5, 0.6) is 0 Å². The quantitative estimate of drug-likeness (QED) is 0.0729. The number of hydrogen-bond donors (Lipinski definition) is 1. The van der Waals surface area contributed by atoms with Crippen LogP contribution in [0.1, 0.15) is 85.3 Å². The van der Waals surface area contributed by atoms with Crippen LogP contribution in [0.15, 0.2) is 72.8 Å². The van der Waals surface area contributed by atoms with Crippen LogP contribution < -0.4 is 0 Å². The molecule has 0 aliphatic rings. The third kappa shape index (κ3) is 8.16. The predicted octanol–water partition coefficient (Wildman–Crippen LogP) is 11.0. The largest absolute Gasteiger partial charge is 0.512 e. The Morgan fingerprint density at radius 2 is 1.62 bits per heavy atom. The monoisotopic (exact) mass is 816 g/mol. The van der Waals surface area contributed by atoms with E-state index >= 15 is 0 Å². The van der Waals surface area contributed by atoms with Crippen molar-refractivity contribution in [1.29, 1.82) is 5.26 Å². The number of rotatable bonds is 8. The standard InChI is InChI=1S/C28H19N4.C13H24O2.Ir/c1-28(2,3)25-14-19(11-17-7-5-6-8-22(17)25)26-23-13-18-12-20(30-4)9-10-21(18)24(15-29)27(23)32-16-31-26;1-5-10(6-2)12(14)9-13(15)11(7-3)8-4;/h5-10,12-14,16H,1-3H3;9-11,14H,5-8H2,1-4H3;/q-1;;/b;12-9-;. The minimum atomic E-state index is -0.0681. The van der Waals surface area contributed by atoms with Gasteiger partial charge in [-0.2, -0.15) is 5.26 Å². The molecule has 0 spiro atoms. The van der Waals surface area contributed by atoms with Crippen LogP contribution in [0.4, 0.5) is 5.69 Å². The minimum absolute atomic E-state index is 0. The molecule has 0 fully saturated rings. The number of benzene rings is 4. The maximum atomic E-state index is 11.7. The van der Waals surface area contributed by atoms with Crippen LogP contribution in [0.25, 0.3) is 48.6 Å². The number of hydrogen-bond acceptors (Lipinski definition) is 5. The Kier molecular flexibility index (Phi) is 13.2. The first-order chi connectivity index (χ1) is 22.5. The van der Waals surface area contributed by atoms with E-state index in [-0.39, 0.29) is 48.9 Å². The van der Waals surface area contributed by atoms with Crippen LogP contribution in [-0.4, -0.2) is 20.9 Å². The van der Waals surface area contributed by atoms with Crippen LogP contribution in [0.3, 0.4) is 0 Å². The summed E-state index contributed by atoms with van der Waals surface area (Å²) in [6.45, 7) is 22.0. The number of aliphatic hydroxyl groups excluding tert-OH is 1. The number of carbonyl (C=O) groups is 1. The molecule has 6 nitrogen and oxygen atoms in total. The first kappa shape index (κ1) is 38.0. The van der Waals surface area contributed by atoms with E-state index < -0.39 is 0 Å². The Labute approximate surface area is 298 Å². The molecular weight excluding hydrogens is 773 g/mol. The summed E-state index contributed by atoms with van der Waals surface area (Å²) in [5, 5.41) is 24.3. The average molecular weight is 816 g/mol. The number of fused-ring (bicyclic) bond motifs is 3. The van der Waals surface area contributed by atoms with Crippen molar-refractivity contribution in [2.75, 3.05) is 0 Å². The number of allylic oxidation sites excluding steroid dienone is 2. The summed E-state index contributed by atoms with van der Waals surface area (Å²) in [5.74, 6) is 0.547. The van der Waals surface area contributed by atoms with Crippen molar-refractivity contribution >= 4 is 43.9 Å². The van der Waals surface area contributed by atoms with E-state index in [1.165, 1.54) is 23.4 Å². The molecule has 0 aliphatic carbocycles. The van der Waals surface area contributed by atoms with Crippen molar-refractivity contribution in [3.63, 3.8) is 0 Å². The maximum Gasteiger partial charge on any atom is 0.187 e. The molecule has 0 aliphatic heterocycles. The topological polar surface area (TPSA) is 91.2 Å². The fraction of sp³-hybridized carbons (Fsp3) is 0.341. The zero-order valence-corrected chi connectivity index (χ0v) is 31.2. The van der Waals surface area contributed by atoms with E-state index in [1.54, 1.807) is 6.07 Å². The Morgan fingerprint density at radius 1 is 0.958 bits per heavy atom. The number of ketones is 1. The third-order valence-corrected chi connectivity index (χ3v) is 8.89. The summed E-state index contributed by atoms with van der Waals surface area (Å²) in [6, 6.07) is 23.6. The van der Waals surface area contributed by atoms with Gasteiger partial charge in [0.1, 0.15) is 12.4 Å². The molecule has 5 rings (SSSR count). The van der Waals surface area contributed by atoms with Crippen molar-refractivity contribution in [3.8, 4) is 17.3 Å². The van der Waals surface area contributed by atoms with Gasteiger partial charge in [0.25, 0.3) is 0 Å². The molecular formula is C41H43IrN4O2-. The first-order valence-corrected chi connectivity index (χ1v) is 16.4.